The van der Waals surface area contributed by atoms with E-state index in [0.717, 1.165) is 0 Å². The van der Waals surface area contributed by atoms with Crippen molar-refractivity contribution in [2.75, 3.05) is 11.9 Å². The summed E-state index contributed by atoms with van der Waals surface area (Å²) in [7, 11) is 0. The number of anilines is 1. The van der Waals surface area contributed by atoms with Crippen LogP contribution >= 0.6 is 0 Å². The Kier molecular flexibility index (Phi) is 12.0. The van der Waals surface area contributed by atoms with Crippen molar-refractivity contribution in [1.29, 1.82) is 5.26 Å². The van der Waals surface area contributed by atoms with Crippen LogP contribution in [0.3, 0.4) is 0 Å². The summed E-state index contributed by atoms with van der Waals surface area (Å²) >= 11 is 0. The zero-order valence-electron chi connectivity index (χ0n) is 31.0. The van der Waals surface area contributed by atoms with Gasteiger partial charge in [-0.3, -0.25) is 9.59 Å². The van der Waals surface area contributed by atoms with Gasteiger partial charge in [-0.2, -0.15) is 10.4 Å². The molecule has 1 aromatic carbocycles. The lowest BCUT2D eigenvalue weighted by Gasteiger charge is -2.32. The molecule has 15 heteroatoms. The monoisotopic (exact) mass is 720 g/mol. The number of rotatable bonds is 11. The fraction of sp³-hybridized carbons (Fsp3) is 0.541. The van der Waals surface area contributed by atoms with Gasteiger partial charge >= 0.3 is 18.0 Å². The predicted molar refractivity (Wildman–Crippen MR) is 187 cm³/mol. The van der Waals surface area contributed by atoms with Crippen molar-refractivity contribution in [3.8, 4) is 6.07 Å². The third kappa shape index (κ3) is 9.04. The van der Waals surface area contributed by atoms with Gasteiger partial charge in [0.05, 0.1) is 12.1 Å². The molecule has 2 amide bonds. The number of aromatic nitrogens is 3. The van der Waals surface area contributed by atoms with Gasteiger partial charge in [0.25, 0.3) is 0 Å². The van der Waals surface area contributed by atoms with Crippen LogP contribution in [0.25, 0.3) is 5.52 Å². The van der Waals surface area contributed by atoms with Crippen molar-refractivity contribution in [3.63, 3.8) is 0 Å². The maximum absolute atomic E-state index is 13.8. The molecular weight excluding hydrogens is 672 g/mol. The molecule has 1 saturated heterocycles. The minimum Gasteiger partial charge on any atom is -0.463 e. The second-order valence-corrected chi connectivity index (χ2v) is 15.3. The van der Waals surface area contributed by atoms with Gasteiger partial charge in [-0.1, -0.05) is 71.9 Å². The van der Waals surface area contributed by atoms with Crippen LogP contribution in [0.2, 0.25) is 0 Å². The fourth-order valence-corrected chi connectivity index (χ4v) is 5.53. The molecule has 52 heavy (non-hydrogen) atoms. The number of nitriles is 1. The first-order valence-corrected chi connectivity index (χ1v) is 17.1. The number of nitrogens with zero attached hydrogens (tertiary/aromatic N) is 4. The average molecular weight is 721 g/mol. The number of hydrogen-bond donors (Lipinski definition) is 3. The van der Waals surface area contributed by atoms with E-state index in [1.54, 1.807) is 78.8 Å². The topological polar surface area (TPSA) is 203 Å². The molecule has 6 atom stereocenters. The lowest BCUT2D eigenvalue weighted by Crippen LogP contribution is -2.53. The van der Waals surface area contributed by atoms with Gasteiger partial charge in [0, 0.05) is 5.92 Å². The SMILES string of the molecule is CC(C)[C@@H](C)C(=O)Nc1ncnn2c([C@]3(C#N)O[C@H](COC(=O)Cc4ccccc4)[C@@H](OC(=O)[C@@H](NC(=O)OC(C)(C)C)C(C)(C)C)[C@H]3O)ccc12. The Bertz CT molecular complexity index is 1810. The first-order valence-electron chi connectivity index (χ1n) is 17.1. The molecular formula is C37H48N6O9. The van der Waals surface area contributed by atoms with Crippen LogP contribution in [-0.2, 0) is 45.4 Å². The van der Waals surface area contributed by atoms with Crippen molar-refractivity contribution in [1.82, 2.24) is 19.9 Å². The number of ether oxygens (including phenoxy) is 4. The Morgan fingerprint density at radius 3 is 2.33 bits per heavy atom. The highest BCUT2D eigenvalue weighted by Crippen LogP contribution is 2.42. The summed E-state index contributed by atoms with van der Waals surface area (Å²) in [5.74, 6) is -1.97. The van der Waals surface area contributed by atoms with Crippen molar-refractivity contribution in [3.05, 3.63) is 60.0 Å². The van der Waals surface area contributed by atoms with E-state index in [0.29, 0.717) is 11.1 Å². The van der Waals surface area contributed by atoms with Gasteiger partial charge in [0.2, 0.25) is 11.5 Å². The molecule has 0 saturated carbocycles. The van der Waals surface area contributed by atoms with Crippen LogP contribution < -0.4 is 10.6 Å². The van der Waals surface area contributed by atoms with E-state index < -0.39 is 65.6 Å². The number of nitrogens with one attached hydrogen (secondary N) is 2. The van der Waals surface area contributed by atoms with E-state index in [2.05, 4.69) is 20.7 Å². The van der Waals surface area contributed by atoms with E-state index >= 15 is 0 Å². The summed E-state index contributed by atoms with van der Waals surface area (Å²) in [6, 6.07) is 12.7. The average Bonchev–Trinajstić information content (AvgIpc) is 3.61. The number of amides is 2. The highest BCUT2D eigenvalue weighted by molar-refractivity contribution is 5.95. The van der Waals surface area contributed by atoms with Gasteiger partial charge in [-0.05, 0) is 49.8 Å². The number of carbonyl (C=O) groups is 4. The number of carbonyl (C=O) groups excluding carboxylic acids is 4. The van der Waals surface area contributed by atoms with Crippen LogP contribution in [0.1, 0.15) is 73.6 Å². The molecule has 4 rings (SSSR count). The summed E-state index contributed by atoms with van der Waals surface area (Å²) in [6.45, 7) is 15.2. The minimum atomic E-state index is -2.22. The lowest BCUT2D eigenvalue weighted by atomic mass is 9.86. The molecule has 0 bridgehead atoms. The Balaban J connectivity index is 1.69. The largest absolute Gasteiger partial charge is 0.463 e. The summed E-state index contributed by atoms with van der Waals surface area (Å²) in [5, 5.41) is 32.2. The third-order valence-electron chi connectivity index (χ3n) is 8.70. The van der Waals surface area contributed by atoms with E-state index in [1.807, 2.05) is 26.0 Å². The van der Waals surface area contributed by atoms with Crippen LogP contribution in [-0.4, -0.2) is 80.2 Å². The van der Waals surface area contributed by atoms with E-state index in [4.69, 9.17) is 18.9 Å². The molecule has 3 heterocycles. The van der Waals surface area contributed by atoms with Crippen molar-refractivity contribution in [2.45, 2.75) is 104 Å². The van der Waals surface area contributed by atoms with Gasteiger partial charge in [-0.25, -0.2) is 19.1 Å². The van der Waals surface area contributed by atoms with E-state index in [9.17, 15) is 29.5 Å². The Morgan fingerprint density at radius 2 is 1.73 bits per heavy atom. The number of aliphatic hydroxyl groups excluding tert-OH is 1. The van der Waals surface area contributed by atoms with Crippen LogP contribution in [0, 0.1) is 28.6 Å². The highest BCUT2D eigenvalue weighted by atomic mass is 16.6. The molecule has 0 radical (unpaired) electrons. The Hall–Kier alpha value is -5.07. The first-order chi connectivity index (χ1) is 24.3. The zero-order valence-corrected chi connectivity index (χ0v) is 31.0. The third-order valence-corrected chi connectivity index (χ3v) is 8.70. The minimum absolute atomic E-state index is 0.0331. The maximum Gasteiger partial charge on any atom is 0.408 e. The molecule has 280 valence electrons. The van der Waals surface area contributed by atoms with Crippen LogP contribution in [0.5, 0.6) is 0 Å². The molecule has 1 aliphatic rings. The zero-order chi connectivity index (χ0) is 38.6. The molecule has 2 aromatic heterocycles. The summed E-state index contributed by atoms with van der Waals surface area (Å²) in [5.41, 5.74) is -2.94. The molecule has 1 aliphatic heterocycles. The number of esters is 2. The molecule has 1 fully saturated rings. The number of alkyl carbamates (subject to hydrolysis) is 1. The van der Waals surface area contributed by atoms with Crippen LogP contribution in [0.4, 0.5) is 10.6 Å². The van der Waals surface area contributed by atoms with Gasteiger partial charge in [-0.15, -0.1) is 0 Å². The standard InChI is InChI=1S/C37H48N6O9/c1-21(2)22(3)32(46)42-31-24-15-16-26(43(24)40-20-39-31)37(19-38)30(45)28(25(51-37)18-49-27(44)17-23-13-11-10-12-14-23)50-33(47)29(35(4,5)6)41-34(48)52-36(7,8)9/h10-16,20-22,25,28-30,45H,17-18H2,1-9H3,(H,41,48)(H,39,40,42,46)/t22-,25-,28-,29-,30-,37+/m1/s1. The normalized spacial score (nSPS) is 21.5. The van der Waals surface area contributed by atoms with E-state index in [1.165, 1.54) is 16.9 Å². The van der Waals surface area contributed by atoms with Gasteiger partial charge in [0.15, 0.2) is 11.9 Å². The second-order valence-electron chi connectivity index (χ2n) is 15.3. The fourth-order valence-electron chi connectivity index (χ4n) is 5.53. The number of hydrogen-bond acceptors (Lipinski definition) is 12. The number of benzene rings is 1. The number of fused-ring (bicyclic) bond motifs is 1. The molecule has 0 aliphatic carbocycles. The lowest BCUT2D eigenvalue weighted by molar-refractivity contribution is -0.164. The Labute approximate surface area is 303 Å². The molecule has 15 nitrogen and oxygen atoms in total. The van der Waals surface area contributed by atoms with Crippen molar-refractivity contribution < 1.29 is 43.2 Å². The van der Waals surface area contributed by atoms with E-state index in [-0.39, 0.29) is 35.7 Å². The van der Waals surface area contributed by atoms with Gasteiger partial charge in [0.1, 0.15) is 48.4 Å². The van der Waals surface area contributed by atoms with Crippen molar-refractivity contribution in [2.24, 2.45) is 17.3 Å². The summed E-state index contributed by atoms with van der Waals surface area (Å²) in [4.78, 5) is 56.6. The first kappa shape index (κ1) is 39.7. The predicted octanol–water partition coefficient (Wildman–Crippen LogP) is 4.08. The second kappa shape index (κ2) is 15.7. The quantitative estimate of drug-likeness (QED) is 0.190. The van der Waals surface area contributed by atoms with Gasteiger partial charge < -0.3 is 34.7 Å². The number of aliphatic hydroxyl groups is 1. The van der Waals surface area contributed by atoms with Crippen molar-refractivity contribution >= 4 is 35.3 Å². The summed E-state index contributed by atoms with van der Waals surface area (Å²) in [6.07, 6.45) is -4.53. The maximum atomic E-state index is 13.8. The molecule has 3 aromatic rings. The molecule has 0 spiro atoms. The highest BCUT2D eigenvalue weighted by Gasteiger charge is 2.60. The Morgan fingerprint density at radius 1 is 1.06 bits per heavy atom. The summed E-state index contributed by atoms with van der Waals surface area (Å²) < 4.78 is 24.3. The molecule has 0 unspecified atom stereocenters. The van der Waals surface area contributed by atoms with Crippen LogP contribution in [0.15, 0.2) is 48.8 Å². The smallest absolute Gasteiger partial charge is 0.408 e. The molecule has 3 N–H and O–H groups in total.